The standard InChI is InChI=1S/C18H16N2/c1-3-15-5-9-17(10-6-15)13-19-20-14-18-11-7-16(4-2)8-12-18/h3-14H,1-2H2. The lowest BCUT2D eigenvalue weighted by atomic mass is 10.1. The molecular weight excluding hydrogens is 244 g/mol. The smallest absolute Gasteiger partial charge is 0.0568 e. The molecule has 0 fully saturated rings. The van der Waals surface area contributed by atoms with Crippen LogP contribution >= 0.6 is 0 Å². The molecule has 2 rings (SSSR count). The van der Waals surface area contributed by atoms with Gasteiger partial charge in [0, 0.05) is 0 Å². The van der Waals surface area contributed by atoms with Crippen LogP contribution in [0, 0.1) is 0 Å². The first-order chi connectivity index (χ1) is 9.81. The Kier molecular flexibility index (Phi) is 4.79. The van der Waals surface area contributed by atoms with Gasteiger partial charge in [0.1, 0.15) is 0 Å². The molecule has 0 bridgehead atoms. The molecule has 0 heterocycles. The van der Waals surface area contributed by atoms with Crippen molar-refractivity contribution in [2.45, 2.75) is 0 Å². The minimum Gasteiger partial charge on any atom is -0.159 e. The monoisotopic (exact) mass is 260 g/mol. The van der Waals surface area contributed by atoms with Crippen LogP contribution in [0.5, 0.6) is 0 Å². The molecule has 0 aliphatic rings. The highest BCUT2D eigenvalue weighted by Gasteiger charge is 1.89. The summed E-state index contributed by atoms with van der Waals surface area (Å²) in [5.41, 5.74) is 4.20. The summed E-state index contributed by atoms with van der Waals surface area (Å²) < 4.78 is 0. The van der Waals surface area contributed by atoms with Gasteiger partial charge in [-0.15, -0.1) is 0 Å². The summed E-state index contributed by atoms with van der Waals surface area (Å²) in [6.45, 7) is 7.44. The molecule has 0 aromatic heterocycles. The van der Waals surface area contributed by atoms with Crippen LogP contribution in [0.4, 0.5) is 0 Å². The number of hydrogen-bond acceptors (Lipinski definition) is 2. The van der Waals surface area contributed by atoms with E-state index in [4.69, 9.17) is 0 Å². The predicted molar refractivity (Wildman–Crippen MR) is 88.3 cm³/mol. The van der Waals surface area contributed by atoms with Crippen molar-refractivity contribution in [1.82, 2.24) is 0 Å². The van der Waals surface area contributed by atoms with E-state index in [1.807, 2.05) is 60.7 Å². The predicted octanol–water partition coefficient (Wildman–Crippen LogP) is 4.43. The van der Waals surface area contributed by atoms with Crippen molar-refractivity contribution >= 4 is 24.6 Å². The van der Waals surface area contributed by atoms with E-state index in [9.17, 15) is 0 Å². The molecule has 0 radical (unpaired) electrons. The fourth-order valence-corrected chi connectivity index (χ4v) is 1.64. The molecule has 2 aromatic carbocycles. The van der Waals surface area contributed by atoms with E-state index in [1.165, 1.54) is 0 Å². The second-order valence-electron chi connectivity index (χ2n) is 4.23. The first-order valence-corrected chi connectivity index (χ1v) is 6.33. The van der Waals surface area contributed by atoms with Crippen LogP contribution in [0.3, 0.4) is 0 Å². The van der Waals surface area contributed by atoms with Gasteiger partial charge in [0.05, 0.1) is 12.4 Å². The van der Waals surface area contributed by atoms with E-state index in [1.54, 1.807) is 12.4 Å². The highest BCUT2D eigenvalue weighted by Crippen LogP contribution is 2.04. The Morgan fingerprint density at radius 1 is 0.550 bits per heavy atom. The minimum absolute atomic E-state index is 1.01. The first-order valence-electron chi connectivity index (χ1n) is 6.33. The van der Waals surface area contributed by atoms with Crippen LogP contribution in [-0.4, -0.2) is 12.4 Å². The van der Waals surface area contributed by atoms with Crippen molar-refractivity contribution in [3.8, 4) is 0 Å². The Hall–Kier alpha value is -2.74. The Morgan fingerprint density at radius 2 is 0.850 bits per heavy atom. The molecule has 20 heavy (non-hydrogen) atoms. The zero-order valence-electron chi connectivity index (χ0n) is 11.2. The third-order valence-electron chi connectivity index (χ3n) is 2.82. The van der Waals surface area contributed by atoms with Crippen LogP contribution in [-0.2, 0) is 0 Å². The van der Waals surface area contributed by atoms with Crippen molar-refractivity contribution < 1.29 is 0 Å². The van der Waals surface area contributed by atoms with Gasteiger partial charge in [-0.2, -0.15) is 10.2 Å². The lowest BCUT2D eigenvalue weighted by Gasteiger charge is -1.94. The van der Waals surface area contributed by atoms with Crippen LogP contribution in [0.25, 0.3) is 12.2 Å². The largest absolute Gasteiger partial charge is 0.159 e. The molecule has 2 nitrogen and oxygen atoms in total. The second-order valence-corrected chi connectivity index (χ2v) is 4.23. The van der Waals surface area contributed by atoms with Gasteiger partial charge < -0.3 is 0 Å². The van der Waals surface area contributed by atoms with E-state index in [0.717, 1.165) is 22.3 Å². The van der Waals surface area contributed by atoms with Gasteiger partial charge >= 0.3 is 0 Å². The van der Waals surface area contributed by atoms with Crippen molar-refractivity contribution in [3.63, 3.8) is 0 Å². The topological polar surface area (TPSA) is 24.7 Å². The summed E-state index contributed by atoms with van der Waals surface area (Å²) in [6, 6.07) is 15.9. The summed E-state index contributed by atoms with van der Waals surface area (Å²) in [4.78, 5) is 0. The molecule has 98 valence electrons. The molecule has 0 saturated heterocycles. The molecular formula is C18H16N2. The lowest BCUT2D eigenvalue weighted by molar-refractivity contribution is 1.26. The maximum atomic E-state index is 4.03. The van der Waals surface area contributed by atoms with Crippen molar-refractivity contribution in [2.24, 2.45) is 10.2 Å². The molecule has 0 aliphatic heterocycles. The number of benzene rings is 2. The highest BCUT2D eigenvalue weighted by atomic mass is 15.2. The average molecular weight is 260 g/mol. The van der Waals surface area contributed by atoms with Crippen molar-refractivity contribution in [2.75, 3.05) is 0 Å². The SMILES string of the molecule is C=Cc1ccc(C=NN=Cc2ccc(C=C)cc2)cc1. The summed E-state index contributed by atoms with van der Waals surface area (Å²) >= 11 is 0. The molecule has 0 atom stereocenters. The third kappa shape index (κ3) is 3.89. The molecule has 0 unspecified atom stereocenters. The van der Waals surface area contributed by atoms with Gasteiger partial charge in [0.25, 0.3) is 0 Å². The Balaban J connectivity index is 1.98. The van der Waals surface area contributed by atoms with Gasteiger partial charge in [0.15, 0.2) is 0 Å². The van der Waals surface area contributed by atoms with Crippen molar-refractivity contribution in [1.29, 1.82) is 0 Å². The average Bonchev–Trinajstić information content (AvgIpc) is 2.53. The lowest BCUT2D eigenvalue weighted by Crippen LogP contribution is -1.82. The highest BCUT2D eigenvalue weighted by molar-refractivity contribution is 5.83. The normalized spacial score (nSPS) is 11.0. The van der Waals surface area contributed by atoms with E-state index in [2.05, 4.69) is 23.4 Å². The maximum Gasteiger partial charge on any atom is 0.0568 e. The van der Waals surface area contributed by atoms with Crippen molar-refractivity contribution in [3.05, 3.63) is 83.9 Å². The molecule has 0 amide bonds. The summed E-state index contributed by atoms with van der Waals surface area (Å²) in [5.74, 6) is 0. The van der Waals surface area contributed by atoms with Gasteiger partial charge in [-0.25, -0.2) is 0 Å². The zero-order valence-corrected chi connectivity index (χ0v) is 11.2. The fraction of sp³-hybridized carbons (Fsp3) is 0. The van der Waals surface area contributed by atoms with Gasteiger partial charge in [-0.3, -0.25) is 0 Å². The maximum absolute atomic E-state index is 4.03. The first kappa shape index (κ1) is 13.7. The van der Waals surface area contributed by atoms with E-state index in [-0.39, 0.29) is 0 Å². The van der Waals surface area contributed by atoms with E-state index in [0.29, 0.717) is 0 Å². The Bertz CT molecular complexity index is 573. The molecule has 2 heteroatoms. The van der Waals surface area contributed by atoms with E-state index < -0.39 is 0 Å². The third-order valence-corrected chi connectivity index (χ3v) is 2.82. The molecule has 2 aromatic rings. The summed E-state index contributed by atoms with van der Waals surface area (Å²) in [7, 11) is 0. The summed E-state index contributed by atoms with van der Waals surface area (Å²) in [6.07, 6.45) is 7.07. The van der Waals surface area contributed by atoms with Gasteiger partial charge in [0.2, 0.25) is 0 Å². The van der Waals surface area contributed by atoms with Crippen LogP contribution < -0.4 is 0 Å². The van der Waals surface area contributed by atoms with Gasteiger partial charge in [-0.05, 0) is 22.3 Å². The minimum atomic E-state index is 1.01. The number of rotatable bonds is 5. The zero-order chi connectivity index (χ0) is 14.2. The van der Waals surface area contributed by atoms with Crippen LogP contribution in [0.1, 0.15) is 22.3 Å². The molecule has 0 N–H and O–H groups in total. The van der Waals surface area contributed by atoms with Crippen LogP contribution in [0.2, 0.25) is 0 Å². The second kappa shape index (κ2) is 7.00. The quantitative estimate of drug-likeness (QED) is 0.561. The van der Waals surface area contributed by atoms with Crippen LogP contribution in [0.15, 0.2) is 71.9 Å². The fourth-order valence-electron chi connectivity index (χ4n) is 1.64. The summed E-state index contributed by atoms with van der Waals surface area (Å²) in [5, 5.41) is 8.07. The molecule has 0 saturated carbocycles. The van der Waals surface area contributed by atoms with Gasteiger partial charge in [-0.1, -0.05) is 73.8 Å². The Labute approximate surface area is 119 Å². The van der Waals surface area contributed by atoms with E-state index >= 15 is 0 Å². The number of hydrogen-bond donors (Lipinski definition) is 0. The number of nitrogens with zero attached hydrogens (tertiary/aromatic N) is 2. The molecule has 0 spiro atoms. The molecule has 0 aliphatic carbocycles. The Morgan fingerprint density at radius 3 is 1.15 bits per heavy atom.